The van der Waals surface area contributed by atoms with Crippen molar-refractivity contribution in [2.24, 2.45) is 0 Å². The average molecular weight is 311 g/mol. The van der Waals surface area contributed by atoms with Crippen molar-refractivity contribution in [2.45, 2.75) is 13.8 Å². The van der Waals surface area contributed by atoms with Gasteiger partial charge in [0.2, 0.25) is 0 Å². The number of aromatic nitrogens is 2. The van der Waals surface area contributed by atoms with E-state index in [4.69, 9.17) is 9.15 Å². The Kier molecular flexibility index (Phi) is 4.14. The van der Waals surface area contributed by atoms with Gasteiger partial charge in [0.25, 0.3) is 5.91 Å². The van der Waals surface area contributed by atoms with Crippen LogP contribution in [-0.2, 0) is 0 Å². The molecule has 0 aliphatic heterocycles. The van der Waals surface area contributed by atoms with Crippen LogP contribution in [0.1, 0.15) is 23.0 Å². The van der Waals surface area contributed by atoms with Crippen LogP contribution in [0.5, 0.6) is 5.75 Å². The number of aromatic amines is 1. The maximum atomic E-state index is 12.6. The SMILES string of the molecule is CCOc1ccc(NC(=O)c2c(-c3ccco3)n[nH]c2C)cc1. The number of carbonyl (C=O) groups is 1. The first-order valence-electron chi connectivity index (χ1n) is 7.32. The monoisotopic (exact) mass is 311 g/mol. The van der Waals surface area contributed by atoms with Crippen LogP contribution < -0.4 is 10.1 Å². The molecular weight excluding hydrogens is 294 g/mol. The van der Waals surface area contributed by atoms with Crippen molar-refractivity contribution in [2.75, 3.05) is 11.9 Å². The number of anilines is 1. The summed E-state index contributed by atoms with van der Waals surface area (Å²) in [6, 6.07) is 10.7. The minimum Gasteiger partial charge on any atom is -0.494 e. The van der Waals surface area contributed by atoms with E-state index >= 15 is 0 Å². The Morgan fingerprint density at radius 2 is 2.09 bits per heavy atom. The predicted molar refractivity (Wildman–Crippen MR) is 86.6 cm³/mol. The zero-order valence-electron chi connectivity index (χ0n) is 12.9. The van der Waals surface area contributed by atoms with E-state index in [0.29, 0.717) is 35.0 Å². The number of hydrogen-bond donors (Lipinski definition) is 2. The number of nitrogens with zero attached hydrogens (tertiary/aromatic N) is 1. The smallest absolute Gasteiger partial charge is 0.259 e. The molecule has 3 rings (SSSR count). The molecule has 23 heavy (non-hydrogen) atoms. The molecule has 1 aromatic carbocycles. The molecule has 0 unspecified atom stereocenters. The molecular formula is C17H17N3O3. The van der Waals surface area contributed by atoms with Gasteiger partial charge in [-0.15, -0.1) is 0 Å². The standard InChI is InChI=1S/C17H17N3O3/c1-3-22-13-8-6-12(7-9-13)18-17(21)15-11(2)19-20-16(15)14-5-4-10-23-14/h4-10H,3H2,1-2H3,(H,18,21)(H,19,20). The summed E-state index contributed by atoms with van der Waals surface area (Å²) in [6.07, 6.45) is 1.55. The summed E-state index contributed by atoms with van der Waals surface area (Å²) in [6.45, 7) is 4.33. The van der Waals surface area contributed by atoms with Crippen LogP contribution in [0.15, 0.2) is 47.1 Å². The molecule has 0 bridgehead atoms. The number of aryl methyl sites for hydroxylation is 1. The largest absolute Gasteiger partial charge is 0.494 e. The number of amides is 1. The lowest BCUT2D eigenvalue weighted by Crippen LogP contribution is -2.13. The molecule has 0 saturated heterocycles. The van der Waals surface area contributed by atoms with E-state index in [1.54, 1.807) is 37.5 Å². The molecule has 2 N–H and O–H groups in total. The summed E-state index contributed by atoms with van der Waals surface area (Å²) in [5.74, 6) is 1.07. The van der Waals surface area contributed by atoms with Crippen LogP contribution in [0, 0.1) is 6.92 Å². The van der Waals surface area contributed by atoms with E-state index in [2.05, 4.69) is 15.5 Å². The van der Waals surface area contributed by atoms with Gasteiger partial charge in [-0.25, -0.2) is 0 Å². The number of benzene rings is 1. The molecule has 1 amide bonds. The van der Waals surface area contributed by atoms with E-state index in [1.165, 1.54) is 0 Å². The lowest BCUT2D eigenvalue weighted by atomic mass is 10.1. The Morgan fingerprint density at radius 1 is 1.30 bits per heavy atom. The van der Waals surface area contributed by atoms with Crippen molar-refractivity contribution < 1.29 is 13.9 Å². The van der Waals surface area contributed by atoms with Gasteiger partial charge < -0.3 is 14.5 Å². The molecule has 6 heteroatoms. The number of furan rings is 1. The first kappa shape index (κ1) is 14.9. The van der Waals surface area contributed by atoms with Crippen LogP contribution in [0.25, 0.3) is 11.5 Å². The summed E-state index contributed by atoms with van der Waals surface area (Å²) in [7, 11) is 0. The van der Waals surface area contributed by atoms with E-state index in [1.807, 2.05) is 19.1 Å². The first-order valence-corrected chi connectivity index (χ1v) is 7.32. The van der Waals surface area contributed by atoms with Crippen molar-refractivity contribution in [3.05, 3.63) is 53.9 Å². The molecule has 0 radical (unpaired) electrons. The fourth-order valence-electron chi connectivity index (χ4n) is 2.29. The number of carbonyl (C=O) groups excluding carboxylic acids is 1. The first-order chi connectivity index (χ1) is 11.2. The van der Waals surface area contributed by atoms with Crippen molar-refractivity contribution in [1.29, 1.82) is 0 Å². The maximum Gasteiger partial charge on any atom is 0.259 e. The number of hydrogen-bond acceptors (Lipinski definition) is 4. The van der Waals surface area contributed by atoms with Gasteiger partial charge in [0.1, 0.15) is 11.4 Å². The average Bonchev–Trinajstić information content (AvgIpc) is 3.18. The molecule has 2 aromatic heterocycles. The Labute approximate surface area is 133 Å². The minimum atomic E-state index is -0.244. The summed E-state index contributed by atoms with van der Waals surface area (Å²) < 4.78 is 10.7. The number of ether oxygens (including phenoxy) is 1. The molecule has 118 valence electrons. The molecule has 0 saturated carbocycles. The second-order valence-electron chi connectivity index (χ2n) is 4.96. The third-order valence-corrected chi connectivity index (χ3v) is 3.35. The van der Waals surface area contributed by atoms with Gasteiger partial charge in [-0.3, -0.25) is 9.89 Å². The Hall–Kier alpha value is -3.02. The summed E-state index contributed by atoms with van der Waals surface area (Å²) in [5, 5.41) is 9.85. The highest BCUT2D eigenvalue weighted by molar-refractivity contribution is 6.08. The predicted octanol–water partition coefficient (Wildman–Crippen LogP) is 3.63. The van der Waals surface area contributed by atoms with Crippen LogP contribution in [0.3, 0.4) is 0 Å². The normalized spacial score (nSPS) is 10.5. The highest BCUT2D eigenvalue weighted by atomic mass is 16.5. The van der Waals surface area contributed by atoms with E-state index in [-0.39, 0.29) is 5.91 Å². The molecule has 2 heterocycles. The molecule has 6 nitrogen and oxygen atoms in total. The van der Waals surface area contributed by atoms with E-state index in [9.17, 15) is 4.79 Å². The molecule has 0 aliphatic rings. The molecule has 0 atom stereocenters. The van der Waals surface area contributed by atoms with Gasteiger partial charge in [-0.1, -0.05) is 0 Å². The number of nitrogens with one attached hydrogen (secondary N) is 2. The topological polar surface area (TPSA) is 80.2 Å². The fourth-order valence-corrected chi connectivity index (χ4v) is 2.29. The molecule has 3 aromatic rings. The number of H-pyrrole nitrogens is 1. The van der Waals surface area contributed by atoms with Crippen LogP contribution in [0.2, 0.25) is 0 Å². The summed E-state index contributed by atoms with van der Waals surface area (Å²) >= 11 is 0. The maximum absolute atomic E-state index is 12.6. The summed E-state index contributed by atoms with van der Waals surface area (Å²) in [4.78, 5) is 12.6. The fraction of sp³-hybridized carbons (Fsp3) is 0.176. The third-order valence-electron chi connectivity index (χ3n) is 3.35. The van der Waals surface area contributed by atoms with Gasteiger partial charge in [0.15, 0.2) is 5.76 Å². The van der Waals surface area contributed by atoms with Crippen molar-refractivity contribution in [3.63, 3.8) is 0 Å². The van der Waals surface area contributed by atoms with Crippen molar-refractivity contribution in [1.82, 2.24) is 10.2 Å². The lowest BCUT2D eigenvalue weighted by molar-refractivity contribution is 0.102. The Morgan fingerprint density at radius 3 is 2.74 bits per heavy atom. The van der Waals surface area contributed by atoms with Gasteiger partial charge >= 0.3 is 0 Å². The van der Waals surface area contributed by atoms with Gasteiger partial charge in [0.05, 0.1) is 18.4 Å². The molecule has 0 aliphatic carbocycles. The number of rotatable bonds is 5. The summed E-state index contributed by atoms with van der Waals surface area (Å²) in [5.41, 5.74) is 2.33. The Bertz CT molecular complexity index is 789. The zero-order chi connectivity index (χ0) is 16.2. The van der Waals surface area contributed by atoms with Crippen molar-refractivity contribution in [3.8, 4) is 17.2 Å². The highest BCUT2D eigenvalue weighted by Gasteiger charge is 2.21. The lowest BCUT2D eigenvalue weighted by Gasteiger charge is -2.07. The minimum absolute atomic E-state index is 0.244. The quantitative estimate of drug-likeness (QED) is 0.754. The molecule has 0 spiro atoms. The highest BCUT2D eigenvalue weighted by Crippen LogP contribution is 2.25. The van der Waals surface area contributed by atoms with Gasteiger partial charge in [-0.2, -0.15) is 5.10 Å². The van der Waals surface area contributed by atoms with Crippen LogP contribution in [-0.4, -0.2) is 22.7 Å². The zero-order valence-corrected chi connectivity index (χ0v) is 12.9. The van der Waals surface area contributed by atoms with E-state index in [0.717, 1.165) is 5.75 Å². The molecule has 0 fully saturated rings. The second-order valence-corrected chi connectivity index (χ2v) is 4.96. The van der Waals surface area contributed by atoms with Gasteiger partial charge in [0, 0.05) is 11.4 Å². The Balaban J connectivity index is 1.82. The third kappa shape index (κ3) is 3.11. The van der Waals surface area contributed by atoms with Crippen molar-refractivity contribution >= 4 is 11.6 Å². The second kappa shape index (κ2) is 6.39. The van der Waals surface area contributed by atoms with E-state index < -0.39 is 0 Å². The van der Waals surface area contributed by atoms with Crippen LogP contribution >= 0.6 is 0 Å². The van der Waals surface area contributed by atoms with Gasteiger partial charge in [-0.05, 0) is 50.2 Å². The van der Waals surface area contributed by atoms with Crippen LogP contribution in [0.4, 0.5) is 5.69 Å².